The van der Waals surface area contributed by atoms with Crippen LogP contribution in [-0.2, 0) is 5.60 Å². The highest BCUT2D eigenvalue weighted by Crippen LogP contribution is 2.35. The van der Waals surface area contributed by atoms with Crippen LogP contribution in [0.5, 0.6) is 0 Å². The molecule has 0 heterocycles. The molecule has 0 saturated carbocycles. The first-order valence-corrected chi connectivity index (χ1v) is 5.16. The van der Waals surface area contributed by atoms with Gasteiger partial charge in [-0.1, -0.05) is 19.1 Å². The summed E-state index contributed by atoms with van der Waals surface area (Å²) in [5.74, 6) is -1.61. The summed E-state index contributed by atoms with van der Waals surface area (Å²) in [6.07, 6.45) is -2.45. The van der Waals surface area contributed by atoms with Crippen molar-refractivity contribution in [1.29, 1.82) is 0 Å². The quantitative estimate of drug-likeness (QED) is 0.844. The van der Waals surface area contributed by atoms with Crippen molar-refractivity contribution in [3.8, 4) is 0 Å². The van der Waals surface area contributed by atoms with Crippen molar-refractivity contribution in [2.24, 2.45) is 5.92 Å². The summed E-state index contributed by atoms with van der Waals surface area (Å²) in [7, 11) is 0. The largest absolute Gasteiger partial charge is 0.385 e. The van der Waals surface area contributed by atoms with E-state index in [1.165, 1.54) is 19.1 Å². The second-order valence-electron chi connectivity index (χ2n) is 4.00. The highest BCUT2D eigenvalue weighted by molar-refractivity contribution is 5.23. The minimum absolute atomic E-state index is 0.155. The van der Waals surface area contributed by atoms with Crippen LogP contribution in [-0.4, -0.2) is 11.5 Å². The molecule has 0 aromatic heterocycles. The van der Waals surface area contributed by atoms with Crippen molar-refractivity contribution in [2.75, 3.05) is 0 Å². The van der Waals surface area contributed by atoms with Crippen LogP contribution in [0.2, 0.25) is 0 Å². The molecule has 16 heavy (non-hydrogen) atoms. The molecule has 1 aromatic carbocycles. The van der Waals surface area contributed by atoms with Crippen molar-refractivity contribution >= 4 is 0 Å². The normalized spacial score (nSPS) is 17.2. The summed E-state index contributed by atoms with van der Waals surface area (Å²) in [5.41, 5.74) is -1.34. The second-order valence-corrected chi connectivity index (χ2v) is 4.00. The fourth-order valence-corrected chi connectivity index (χ4v) is 1.82. The average molecular weight is 232 g/mol. The lowest BCUT2D eigenvalue weighted by molar-refractivity contribution is -0.0798. The van der Waals surface area contributed by atoms with Gasteiger partial charge in [0.1, 0.15) is 5.82 Å². The number of alkyl halides is 2. The van der Waals surface area contributed by atoms with E-state index in [0.717, 1.165) is 12.1 Å². The van der Waals surface area contributed by atoms with Crippen LogP contribution in [0.4, 0.5) is 13.2 Å². The van der Waals surface area contributed by atoms with Gasteiger partial charge < -0.3 is 5.11 Å². The van der Waals surface area contributed by atoms with Crippen molar-refractivity contribution in [1.82, 2.24) is 0 Å². The smallest absolute Gasteiger partial charge is 0.244 e. The molecule has 0 spiro atoms. The van der Waals surface area contributed by atoms with E-state index in [2.05, 4.69) is 0 Å². The van der Waals surface area contributed by atoms with E-state index in [4.69, 9.17) is 0 Å². The molecule has 90 valence electrons. The Hall–Kier alpha value is -1.03. The molecule has 0 amide bonds. The molecule has 4 heteroatoms. The van der Waals surface area contributed by atoms with Gasteiger partial charge >= 0.3 is 0 Å². The Morgan fingerprint density at radius 3 is 2.12 bits per heavy atom. The Morgan fingerprint density at radius 2 is 1.75 bits per heavy atom. The van der Waals surface area contributed by atoms with Gasteiger partial charge in [0.25, 0.3) is 0 Å². The highest BCUT2D eigenvalue weighted by atomic mass is 19.3. The molecule has 1 rings (SSSR count). The number of benzene rings is 1. The zero-order valence-electron chi connectivity index (χ0n) is 9.25. The van der Waals surface area contributed by atoms with Gasteiger partial charge in [-0.15, -0.1) is 0 Å². The minimum Gasteiger partial charge on any atom is -0.385 e. The third-order valence-electron chi connectivity index (χ3n) is 2.89. The topological polar surface area (TPSA) is 20.2 Å². The molecule has 0 radical (unpaired) electrons. The van der Waals surface area contributed by atoms with Crippen LogP contribution in [0.1, 0.15) is 25.8 Å². The van der Waals surface area contributed by atoms with Gasteiger partial charge in [-0.3, -0.25) is 0 Å². The van der Waals surface area contributed by atoms with Crippen LogP contribution in [0.25, 0.3) is 0 Å². The second kappa shape index (κ2) is 4.87. The molecule has 0 aliphatic carbocycles. The summed E-state index contributed by atoms with van der Waals surface area (Å²) in [6.45, 7) is 2.93. The molecule has 0 aliphatic rings. The van der Waals surface area contributed by atoms with E-state index in [1.807, 2.05) is 0 Å². The summed E-state index contributed by atoms with van der Waals surface area (Å²) < 4.78 is 38.1. The van der Waals surface area contributed by atoms with Crippen LogP contribution < -0.4 is 0 Å². The van der Waals surface area contributed by atoms with Gasteiger partial charge in [0, 0.05) is 0 Å². The Balaban J connectivity index is 3.03. The van der Waals surface area contributed by atoms with E-state index in [-0.39, 0.29) is 6.42 Å². The molecule has 1 nitrogen and oxygen atoms in total. The monoisotopic (exact) mass is 232 g/mol. The first-order valence-electron chi connectivity index (χ1n) is 5.16. The molecule has 2 unspecified atom stereocenters. The third-order valence-corrected chi connectivity index (χ3v) is 2.89. The first-order chi connectivity index (χ1) is 7.39. The van der Waals surface area contributed by atoms with E-state index >= 15 is 0 Å². The fourth-order valence-electron chi connectivity index (χ4n) is 1.82. The van der Waals surface area contributed by atoms with Gasteiger partial charge in [0.05, 0.1) is 11.5 Å². The van der Waals surface area contributed by atoms with Gasteiger partial charge in [-0.25, -0.2) is 13.2 Å². The molecule has 0 fully saturated rings. The number of hydrogen-bond donors (Lipinski definition) is 1. The van der Waals surface area contributed by atoms with E-state index in [9.17, 15) is 18.3 Å². The van der Waals surface area contributed by atoms with Crippen LogP contribution in [0, 0.1) is 11.7 Å². The highest BCUT2D eigenvalue weighted by Gasteiger charge is 2.38. The fraction of sp³-hybridized carbons (Fsp3) is 0.500. The SMILES string of the molecule is CCC(C(F)F)C(C)(O)c1ccc(F)cc1. The predicted octanol–water partition coefficient (Wildman–Crippen LogP) is 3.32. The van der Waals surface area contributed by atoms with E-state index in [1.54, 1.807) is 6.92 Å². The lowest BCUT2D eigenvalue weighted by atomic mass is 9.81. The van der Waals surface area contributed by atoms with Gasteiger partial charge in [-0.2, -0.15) is 0 Å². The standard InChI is InChI=1S/C12H15F3O/c1-3-10(11(14)15)12(2,16)8-4-6-9(13)7-5-8/h4-7,10-11,16H,3H2,1-2H3. The maximum atomic E-state index is 12.7. The van der Waals surface area contributed by atoms with Crippen molar-refractivity contribution in [3.05, 3.63) is 35.6 Å². The van der Waals surface area contributed by atoms with Crippen molar-refractivity contribution in [2.45, 2.75) is 32.3 Å². The zero-order chi connectivity index (χ0) is 12.3. The maximum absolute atomic E-state index is 12.7. The van der Waals surface area contributed by atoms with E-state index < -0.39 is 23.8 Å². The molecular formula is C12H15F3O. The first kappa shape index (κ1) is 13.0. The molecule has 0 aliphatic heterocycles. The lowest BCUT2D eigenvalue weighted by Crippen LogP contribution is -2.36. The molecule has 2 atom stereocenters. The Bertz CT molecular complexity index is 333. The number of halogens is 3. The maximum Gasteiger partial charge on any atom is 0.244 e. The number of hydrogen-bond acceptors (Lipinski definition) is 1. The zero-order valence-corrected chi connectivity index (χ0v) is 9.25. The molecule has 1 N–H and O–H groups in total. The van der Waals surface area contributed by atoms with Gasteiger partial charge in [-0.05, 0) is 31.0 Å². The molecule has 0 saturated heterocycles. The van der Waals surface area contributed by atoms with Crippen LogP contribution >= 0.6 is 0 Å². The summed E-state index contributed by atoms with van der Waals surface area (Å²) in [6, 6.07) is 4.98. The van der Waals surface area contributed by atoms with Crippen molar-refractivity contribution in [3.63, 3.8) is 0 Å². The third kappa shape index (κ3) is 2.55. The predicted molar refractivity (Wildman–Crippen MR) is 55.8 cm³/mol. The van der Waals surface area contributed by atoms with Crippen LogP contribution in [0.3, 0.4) is 0 Å². The van der Waals surface area contributed by atoms with Gasteiger partial charge in [0.2, 0.25) is 6.43 Å². The average Bonchev–Trinajstić information content (AvgIpc) is 2.18. The Morgan fingerprint density at radius 1 is 1.25 bits per heavy atom. The molecule has 1 aromatic rings. The molecule has 0 bridgehead atoms. The Labute approximate surface area is 92.9 Å². The lowest BCUT2D eigenvalue weighted by Gasteiger charge is -2.32. The van der Waals surface area contributed by atoms with E-state index in [0.29, 0.717) is 5.56 Å². The number of rotatable bonds is 4. The van der Waals surface area contributed by atoms with Crippen LogP contribution in [0.15, 0.2) is 24.3 Å². The number of aliphatic hydroxyl groups is 1. The summed E-state index contributed by atoms with van der Waals surface area (Å²) >= 11 is 0. The summed E-state index contributed by atoms with van der Waals surface area (Å²) in [5, 5.41) is 10.1. The minimum atomic E-state index is -2.61. The summed E-state index contributed by atoms with van der Waals surface area (Å²) in [4.78, 5) is 0. The van der Waals surface area contributed by atoms with Crippen molar-refractivity contribution < 1.29 is 18.3 Å². The van der Waals surface area contributed by atoms with Gasteiger partial charge in [0.15, 0.2) is 0 Å². The Kier molecular flexibility index (Phi) is 3.97. The molecular weight excluding hydrogens is 217 g/mol.